The smallest absolute Gasteiger partial charge is 0.0705 e. The van der Waals surface area contributed by atoms with E-state index < -0.39 is 0 Å². The lowest BCUT2D eigenvalue weighted by atomic mass is 10.1. The van der Waals surface area contributed by atoms with Gasteiger partial charge in [0.25, 0.3) is 0 Å². The molecule has 88 valence electrons. The fraction of sp³-hybridized carbons (Fsp3) is 0.400. The third kappa shape index (κ3) is 2.47. The molecule has 1 heterocycles. The van der Waals surface area contributed by atoms with Crippen molar-refractivity contribution in [3.8, 4) is 0 Å². The molecule has 1 fully saturated rings. The van der Waals surface area contributed by atoms with Gasteiger partial charge in [-0.2, -0.15) is 0 Å². The molecule has 2 heteroatoms. The van der Waals surface area contributed by atoms with E-state index in [4.69, 9.17) is 0 Å². The highest BCUT2D eigenvalue weighted by molar-refractivity contribution is 5.78. The maximum absolute atomic E-state index is 4.65. The molecule has 1 aromatic carbocycles. The van der Waals surface area contributed by atoms with Crippen LogP contribution < -0.4 is 5.32 Å². The van der Waals surface area contributed by atoms with Gasteiger partial charge in [-0.15, -0.1) is 0 Å². The molecule has 17 heavy (non-hydrogen) atoms. The summed E-state index contributed by atoms with van der Waals surface area (Å²) in [5.74, 6) is 0. The first kappa shape index (κ1) is 10.7. The number of benzene rings is 1. The second-order valence-corrected chi connectivity index (χ2v) is 5.41. The van der Waals surface area contributed by atoms with Crippen molar-refractivity contribution in [2.75, 3.05) is 6.54 Å². The van der Waals surface area contributed by atoms with Crippen molar-refractivity contribution < 1.29 is 0 Å². The molecule has 0 spiro atoms. The Labute approximate surface area is 102 Å². The summed E-state index contributed by atoms with van der Waals surface area (Å²) < 4.78 is 0. The van der Waals surface area contributed by atoms with Gasteiger partial charge in [0.2, 0.25) is 0 Å². The van der Waals surface area contributed by atoms with Gasteiger partial charge in [0, 0.05) is 18.5 Å². The average molecular weight is 226 g/mol. The Morgan fingerprint density at radius 2 is 2.00 bits per heavy atom. The van der Waals surface area contributed by atoms with E-state index >= 15 is 0 Å². The van der Waals surface area contributed by atoms with Gasteiger partial charge in [-0.25, -0.2) is 0 Å². The standard InChI is InChI=1S/C15H18N2/c1-15(8-9-15)11-16-10-13-7-6-12-4-2-3-5-14(12)17-13/h2-7,16H,8-11H2,1H3. The summed E-state index contributed by atoms with van der Waals surface area (Å²) in [6.07, 6.45) is 2.73. The number of para-hydroxylation sites is 1. The van der Waals surface area contributed by atoms with E-state index in [0.29, 0.717) is 5.41 Å². The molecule has 0 saturated heterocycles. The second kappa shape index (κ2) is 4.11. The molecule has 1 aromatic heterocycles. The molecule has 1 N–H and O–H groups in total. The molecule has 0 atom stereocenters. The largest absolute Gasteiger partial charge is 0.311 e. The average Bonchev–Trinajstić information content (AvgIpc) is 3.07. The minimum absolute atomic E-state index is 0.566. The Kier molecular flexibility index (Phi) is 2.60. The Balaban J connectivity index is 1.68. The van der Waals surface area contributed by atoms with Crippen LogP contribution in [0.25, 0.3) is 10.9 Å². The molecule has 2 aromatic rings. The van der Waals surface area contributed by atoms with Crippen molar-refractivity contribution in [1.82, 2.24) is 10.3 Å². The van der Waals surface area contributed by atoms with E-state index in [1.54, 1.807) is 0 Å². The van der Waals surface area contributed by atoms with Gasteiger partial charge in [-0.3, -0.25) is 4.98 Å². The molecule has 0 aliphatic heterocycles. The summed E-state index contributed by atoms with van der Waals surface area (Å²) >= 11 is 0. The molecule has 3 rings (SSSR count). The van der Waals surface area contributed by atoms with Crippen LogP contribution in [0.1, 0.15) is 25.5 Å². The quantitative estimate of drug-likeness (QED) is 0.866. The molecular weight excluding hydrogens is 208 g/mol. The summed E-state index contributed by atoms with van der Waals surface area (Å²) in [6.45, 7) is 4.33. The fourth-order valence-electron chi connectivity index (χ4n) is 2.09. The van der Waals surface area contributed by atoms with Gasteiger partial charge in [0.1, 0.15) is 0 Å². The van der Waals surface area contributed by atoms with E-state index in [1.807, 2.05) is 6.07 Å². The minimum atomic E-state index is 0.566. The highest BCUT2D eigenvalue weighted by atomic mass is 14.9. The number of nitrogens with zero attached hydrogens (tertiary/aromatic N) is 1. The third-order valence-electron chi connectivity index (χ3n) is 3.62. The first-order valence-corrected chi connectivity index (χ1v) is 6.31. The fourth-order valence-corrected chi connectivity index (χ4v) is 2.09. The molecule has 1 aliphatic carbocycles. The maximum Gasteiger partial charge on any atom is 0.0705 e. The zero-order valence-corrected chi connectivity index (χ0v) is 10.2. The topological polar surface area (TPSA) is 24.9 Å². The summed E-state index contributed by atoms with van der Waals surface area (Å²) in [6, 6.07) is 12.5. The van der Waals surface area contributed by atoms with Gasteiger partial charge in [-0.1, -0.05) is 31.2 Å². The molecule has 0 radical (unpaired) electrons. The van der Waals surface area contributed by atoms with Crippen molar-refractivity contribution in [1.29, 1.82) is 0 Å². The number of pyridine rings is 1. The van der Waals surface area contributed by atoms with Crippen molar-refractivity contribution in [2.24, 2.45) is 5.41 Å². The Hall–Kier alpha value is -1.41. The van der Waals surface area contributed by atoms with E-state index in [2.05, 4.69) is 47.6 Å². The van der Waals surface area contributed by atoms with Gasteiger partial charge >= 0.3 is 0 Å². The number of fused-ring (bicyclic) bond motifs is 1. The van der Waals surface area contributed by atoms with Crippen molar-refractivity contribution in [2.45, 2.75) is 26.3 Å². The number of hydrogen-bond acceptors (Lipinski definition) is 2. The summed E-state index contributed by atoms with van der Waals surface area (Å²) in [5.41, 5.74) is 2.79. The Bertz CT molecular complexity index is 529. The zero-order valence-electron chi connectivity index (χ0n) is 10.2. The SMILES string of the molecule is CC1(CNCc2ccc3ccccc3n2)CC1. The molecule has 2 nitrogen and oxygen atoms in total. The molecule has 0 unspecified atom stereocenters. The van der Waals surface area contributed by atoms with E-state index in [9.17, 15) is 0 Å². The van der Waals surface area contributed by atoms with Crippen LogP contribution in [0, 0.1) is 5.41 Å². The normalized spacial score (nSPS) is 17.2. The van der Waals surface area contributed by atoms with Crippen LogP contribution in [0.15, 0.2) is 36.4 Å². The minimum Gasteiger partial charge on any atom is -0.311 e. The van der Waals surface area contributed by atoms with Gasteiger partial charge in [-0.05, 0) is 30.4 Å². The van der Waals surface area contributed by atoms with Gasteiger partial charge in [0.15, 0.2) is 0 Å². The van der Waals surface area contributed by atoms with Crippen molar-refractivity contribution >= 4 is 10.9 Å². The van der Waals surface area contributed by atoms with Crippen LogP contribution in [-0.2, 0) is 6.54 Å². The highest BCUT2D eigenvalue weighted by Crippen LogP contribution is 2.44. The van der Waals surface area contributed by atoms with Crippen molar-refractivity contribution in [3.63, 3.8) is 0 Å². The molecule has 0 amide bonds. The Morgan fingerprint density at radius 1 is 1.18 bits per heavy atom. The summed E-state index contributed by atoms with van der Waals surface area (Å²) in [4.78, 5) is 4.65. The van der Waals surface area contributed by atoms with E-state index in [0.717, 1.165) is 24.3 Å². The first-order valence-electron chi connectivity index (χ1n) is 6.31. The van der Waals surface area contributed by atoms with Gasteiger partial charge < -0.3 is 5.32 Å². The number of nitrogens with one attached hydrogen (secondary N) is 1. The summed E-state index contributed by atoms with van der Waals surface area (Å²) in [7, 11) is 0. The van der Waals surface area contributed by atoms with Gasteiger partial charge in [0.05, 0.1) is 11.2 Å². The predicted octanol–water partition coefficient (Wildman–Crippen LogP) is 3.12. The Morgan fingerprint density at radius 3 is 2.82 bits per heavy atom. The number of rotatable bonds is 4. The van der Waals surface area contributed by atoms with Crippen LogP contribution in [0.3, 0.4) is 0 Å². The van der Waals surface area contributed by atoms with Crippen molar-refractivity contribution in [3.05, 3.63) is 42.1 Å². The van der Waals surface area contributed by atoms with E-state index in [1.165, 1.54) is 18.2 Å². The first-order chi connectivity index (χ1) is 8.25. The van der Waals surface area contributed by atoms with Crippen LogP contribution in [0.2, 0.25) is 0 Å². The second-order valence-electron chi connectivity index (χ2n) is 5.41. The molecule has 1 aliphatic rings. The highest BCUT2D eigenvalue weighted by Gasteiger charge is 2.36. The monoisotopic (exact) mass is 226 g/mol. The number of hydrogen-bond donors (Lipinski definition) is 1. The lowest BCUT2D eigenvalue weighted by molar-refractivity contribution is 0.497. The van der Waals surface area contributed by atoms with Crippen LogP contribution in [0.4, 0.5) is 0 Å². The predicted molar refractivity (Wildman–Crippen MR) is 70.8 cm³/mol. The lowest BCUT2D eigenvalue weighted by Crippen LogP contribution is -2.21. The molecular formula is C15H18N2. The van der Waals surface area contributed by atoms with Crippen LogP contribution >= 0.6 is 0 Å². The van der Waals surface area contributed by atoms with E-state index in [-0.39, 0.29) is 0 Å². The summed E-state index contributed by atoms with van der Waals surface area (Å²) in [5, 5.41) is 4.72. The molecule has 0 bridgehead atoms. The third-order valence-corrected chi connectivity index (χ3v) is 3.62. The molecule has 1 saturated carbocycles. The lowest BCUT2D eigenvalue weighted by Gasteiger charge is -2.09. The zero-order chi connectivity index (χ0) is 11.7. The maximum atomic E-state index is 4.65. The van der Waals surface area contributed by atoms with Crippen LogP contribution in [-0.4, -0.2) is 11.5 Å². The van der Waals surface area contributed by atoms with Crippen LogP contribution in [0.5, 0.6) is 0 Å². The number of aromatic nitrogens is 1.